The molecular weight excluding hydrogens is 280 g/mol. The molecule has 22 heavy (non-hydrogen) atoms. The van der Waals surface area contributed by atoms with Crippen LogP contribution in [-0.2, 0) is 16.1 Å². The van der Waals surface area contributed by atoms with E-state index >= 15 is 0 Å². The summed E-state index contributed by atoms with van der Waals surface area (Å²) in [6, 6.07) is 16.6. The van der Waals surface area contributed by atoms with Crippen molar-refractivity contribution < 1.29 is 19.0 Å². The highest BCUT2D eigenvalue weighted by Crippen LogP contribution is 2.14. The molecule has 0 aliphatic rings. The maximum absolute atomic E-state index is 11.9. The summed E-state index contributed by atoms with van der Waals surface area (Å²) in [4.78, 5) is 11.9. The fraction of sp³-hybridized carbons (Fsp3) is 0.167. The van der Waals surface area contributed by atoms with E-state index in [2.05, 4.69) is 6.58 Å². The van der Waals surface area contributed by atoms with Gasteiger partial charge in [0.25, 0.3) is 0 Å². The summed E-state index contributed by atoms with van der Waals surface area (Å²) >= 11 is 0. The highest BCUT2D eigenvalue weighted by molar-refractivity contribution is 5.88. The first-order valence-electron chi connectivity index (χ1n) is 6.84. The summed E-state index contributed by atoms with van der Waals surface area (Å²) in [5, 5.41) is 0. The standard InChI is InChI=1S/C18H18O4/c1-14(12-21-16-8-4-3-5-9-16)18(19)22-13-15-7-6-10-17(11-15)20-2/h3-11H,1,12-13H2,2H3. The predicted molar refractivity (Wildman–Crippen MR) is 83.9 cm³/mol. The van der Waals surface area contributed by atoms with Gasteiger partial charge in [-0.25, -0.2) is 4.79 Å². The number of methoxy groups -OCH3 is 1. The molecule has 0 radical (unpaired) electrons. The predicted octanol–water partition coefficient (Wildman–Crippen LogP) is 3.37. The first kappa shape index (κ1) is 15.6. The van der Waals surface area contributed by atoms with Crippen molar-refractivity contribution in [2.75, 3.05) is 13.7 Å². The molecule has 0 heterocycles. The van der Waals surface area contributed by atoms with E-state index in [-0.39, 0.29) is 18.8 Å². The third-order valence-electron chi connectivity index (χ3n) is 2.95. The summed E-state index contributed by atoms with van der Waals surface area (Å²) in [7, 11) is 1.59. The van der Waals surface area contributed by atoms with Crippen molar-refractivity contribution in [3.05, 3.63) is 72.3 Å². The Morgan fingerprint density at radius 1 is 1.05 bits per heavy atom. The van der Waals surface area contributed by atoms with Crippen LogP contribution in [0.15, 0.2) is 66.7 Å². The minimum atomic E-state index is -0.473. The van der Waals surface area contributed by atoms with Gasteiger partial charge in [-0.15, -0.1) is 0 Å². The number of hydrogen-bond donors (Lipinski definition) is 0. The Kier molecular flexibility index (Phi) is 5.60. The molecule has 0 aliphatic heterocycles. The molecule has 0 unspecified atom stereocenters. The van der Waals surface area contributed by atoms with Gasteiger partial charge in [0.15, 0.2) is 0 Å². The molecular formula is C18H18O4. The van der Waals surface area contributed by atoms with E-state index < -0.39 is 5.97 Å². The Labute approximate surface area is 129 Å². The van der Waals surface area contributed by atoms with Crippen molar-refractivity contribution in [3.63, 3.8) is 0 Å². The number of carbonyl (C=O) groups excluding carboxylic acids is 1. The van der Waals surface area contributed by atoms with Crippen LogP contribution >= 0.6 is 0 Å². The average molecular weight is 298 g/mol. The summed E-state index contributed by atoms with van der Waals surface area (Å²) in [5.41, 5.74) is 1.12. The number of carbonyl (C=O) groups is 1. The molecule has 0 fully saturated rings. The monoisotopic (exact) mass is 298 g/mol. The second kappa shape index (κ2) is 7.88. The van der Waals surface area contributed by atoms with Crippen LogP contribution in [0.2, 0.25) is 0 Å². The Balaban J connectivity index is 1.80. The van der Waals surface area contributed by atoms with Crippen LogP contribution < -0.4 is 9.47 Å². The van der Waals surface area contributed by atoms with Crippen molar-refractivity contribution in [3.8, 4) is 11.5 Å². The van der Waals surface area contributed by atoms with E-state index in [9.17, 15) is 4.79 Å². The lowest BCUT2D eigenvalue weighted by molar-refractivity contribution is -0.140. The number of esters is 1. The number of hydrogen-bond acceptors (Lipinski definition) is 4. The molecule has 2 aromatic carbocycles. The lowest BCUT2D eigenvalue weighted by atomic mass is 10.2. The average Bonchev–Trinajstić information content (AvgIpc) is 2.58. The van der Waals surface area contributed by atoms with E-state index in [4.69, 9.17) is 14.2 Å². The molecule has 4 nitrogen and oxygen atoms in total. The summed E-state index contributed by atoms with van der Waals surface area (Å²) in [5.74, 6) is 0.933. The summed E-state index contributed by atoms with van der Waals surface area (Å²) < 4.78 is 15.8. The molecule has 0 N–H and O–H groups in total. The van der Waals surface area contributed by atoms with Crippen LogP contribution in [0.3, 0.4) is 0 Å². The van der Waals surface area contributed by atoms with E-state index in [1.165, 1.54) is 0 Å². The zero-order chi connectivity index (χ0) is 15.8. The Morgan fingerprint density at radius 2 is 1.77 bits per heavy atom. The van der Waals surface area contributed by atoms with Crippen molar-refractivity contribution >= 4 is 5.97 Å². The van der Waals surface area contributed by atoms with Gasteiger partial charge in [-0.1, -0.05) is 36.9 Å². The molecule has 4 heteroatoms. The number of benzene rings is 2. The molecule has 0 bridgehead atoms. The van der Waals surface area contributed by atoms with Crippen LogP contribution in [-0.4, -0.2) is 19.7 Å². The van der Waals surface area contributed by atoms with Crippen molar-refractivity contribution in [1.82, 2.24) is 0 Å². The maximum Gasteiger partial charge on any atom is 0.337 e. The fourth-order valence-corrected chi connectivity index (χ4v) is 1.76. The zero-order valence-electron chi connectivity index (χ0n) is 12.5. The van der Waals surface area contributed by atoms with Crippen LogP contribution in [0.4, 0.5) is 0 Å². The van der Waals surface area contributed by atoms with Gasteiger partial charge in [0.05, 0.1) is 12.7 Å². The largest absolute Gasteiger partial charge is 0.497 e. The fourth-order valence-electron chi connectivity index (χ4n) is 1.76. The third kappa shape index (κ3) is 4.66. The third-order valence-corrected chi connectivity index (χ3v) is 2.95. The normalized spacial score (nSPS) is 9.86. The second-order valence-corrected chi connectivity index (χ2v) is 4.63. The minimum absolute atomic E-state index is 0.0982. The molecule has 0 amide bonds. The molecule has 0 saturated carbocycles. The van der Waals surface area contributed by atoms with E-state index in [0.29, 0.717) is 5.75 Å². The molecule has 114 valence electrons. The number of rotatable bonds is 7. The topological polar surface area (TPSA) is 44.8 Å². The van der Waals surface area contributed by atoms with Gasteiger partial charge in [0.2, 0.25) is 0 Å². The van der Waals surface area contributed by atoms with Crippen LogP contribution in [0.1, 0.15) is 5.56 Å². The number of ether oxygens (including phenoxy) is 3. The Morgan fingerprint density at radius 3 is 2.50 bits per heavy atom. The van der Waals surface area contributed by atoms with Gasteiger partial charge in [0.1, 0.15) is 24.7 Å². The maximum atomic E-state index is 11.9. The highest BCUT2D eigenvalue weighted by Gasteiger charge is 2.10. The Hall–Kier alpha value is -2.75. The van der Waals surface area contributed by atoms with Crippen LogP contribution in [0.5, 0.6) is 11.5 Å². The molecule has 0 spiro atoms. The van der Waals surface area contributed by atoms with Crippen LogP contribution in [0.25, 0.3) is 0 Å². The van der Waals surface area contributed by atoms with E-state index in [0.717, 1.165) is 11.3 Å². The van der Waals surface area contributed by atoms with Gasteiger partial charge in [0, 0.05) is 0 Å². The SMILES string of the molecule is C=C(COc1ccccc1)C(=O)OCc1cccc(OC)c1. The lowest BCUT2D eigenvalue weighted by Crippen LogP contribution is -2.13. The van der Waals surface area contributed by atoms with Gasteiger partial charge < -0.3 is 14.2 Å². The zero-order valence-corrected chi connectivity index (χ0v) is 12.5. The van der Waals surface area contributed by atoms with Gasteiger partial charge >= 0.3 is 5.97 Å². The first-order valence-corrected chi connectivity index (χ1v) is 6.84. The van der Waals surface area contributed by atoms with Gasteiger partial charge in [-0.3, -0.25) is 0 Å². The second-order valence-electron chi connectivity index (χ2n) is 4.63. The minimum Gasteiger partial charge on any atom is -0.497 e. The molecule has 0 saturated heterocycles. The van der Waals surface area contributed by atoms with Crippen molar-refractivity contribution in [2.45, 2.75) is 6.61 Å². The summed E-state index contributed by atoms with van der Waals surface area (Å²) in [6.45, 7) is 3.96. The van der Waals surface area contributed by atoms with Crippen molar-refractivity contribution in [1.29, 1.82) is 0 Å². The molecule has 0 atom stereocenters. The van der Waals surface area contributed by atoms with Crippen molar-refractivity contribution in [2.24, 2.45) is 0 Å². The molecule has 2 aromatic rings. The van der Waals surface area contributed by atoms with Gasteiger partial charge in [-0.2, -0.15) is 0 Å². The molecule has 0 aliphatic carbocycles. The lowest BCUT2D eigenvalue weighted by Gasteiger charge is -2.09. The summed E-state index contributed by atoms with van der Waals surface area (Å²) in [6.07, 6.45) is 0. The highest BCUT2D eigenvalue weighted by atomic mass is 16.5. The first-order chi connectivity index (χ1) is 10.7. The molecule has 2 rings (SSSR count). The molecule has 0 aromatic heterocycles. The van der Waals surface area contributed by atoms with E-state index in [1.807, 2.05) is 54.6 Å². The van der Waals surface area contributed by atoms with Crippen LogP contribution in [0, 0.1) is 0 Å². The quantitative estimate of drug-likeness (QED) is 0.580. The Bertz CT molecular complexity index is 635. The van der Waals surface area contributed by atoms with Gasteiger partial charge in [-0.05, 0) is 29.8 Å². The smallest absolute Gasteiger partial charge is 0.337 e. The number of para-hydroxylation sites is 1. The van der Waals surface area contributed by atoms with E-state index in [1.54, 1.807) is 7.11 Å².